The molecule has 1 aromatic heterocycles. The number of aryl methyl sites for hydroxylation is 1. The molecule has 0 N–H and O–H groups in total. The highest BCUT2D eigenvalue weighted by molar-refractivity contribution is 5.99. The van der Waals surface area contributed by atoms with Gasteiger partial charge in [0.1, 0.15) is 6.09 Å². The van der Waals surface area contributed by atoms with Gasteiger partial charge in [0, 0.05) is 5.39 Å². The molecule has 0 unspecified atom stereocenters. The number of carboxylic acid groups (broad SMARTS) is 2. The van der Waals surface area contributed by atoms with Gasteiger partial charge in [0.2, 0.25) is 0 Å². The monoisotopic (exact) mass is 285 g/mol. The SMILES string of the molecule is Cc1cc2cc(C(=O)[O-])n(C(=O)[O-])c2cc1C(F)(F)F. The van der Waals surface area contributed by atoms with Gasteiger partial charge in [-0.15, -0.1) is 0 Å². The van der Waals surface area contributed by atoms with E-state index in [1.807, 2.05) is 0 Å². The van der Waals surface area contributed by atoms with Gasteiger partial charge in [0.15, 0.2) is 0 Å². The van der Waals surface area contributed by atoms with Crippen molar-refractivity contribution in [1.29, 1.82) is 0 Å². The van der Waals surface area contributed by atoms with Crippen LogP contribution in [0.1, 0.15) is 21.6 Å². The number of benzene rings is 1. The highest BCUT2D eigenvalue weighted by Crippen LogP contribution is 2.35. The zero-order chi connectivity index (χ0) is 15.2. The molecular weight excluding hydrogens is 279 g/mol. The third-order valence-corrected chi connectivity index (χ3v) is 2.84. The average molecular weight is 285 g/mol. The van der Waals surface area contributed by atoms with Crippen LogP contribution in [0.25, 0.3) is 10.9 Å². The minimum Gasteiger partial charge on any atom is -0.543 e. The fraction of sp³-hybridized carbons (Fsp3) is 0.167. The van der Waals surface area contributed by atoms with Crippen molar-refractivity contribution in [1.82, 2.24) is 4.57 Å². The third kappa shape index (κ3) is 2.09. The summed E-state index contributed by atoms with van der Waals surface area (Å²) in [5.41, 5.74) is -2.39. The van der Waals surface area contributed by atoms with E-state index in [0.717, 1.165) is 12.1 Å². The molecule has 0 bridgehead atoms. The first-order chi connectivity index (χ1) is 9.12. The molecule has 0 saturated carbocycles. The van der Waals surface area contributed by atoms with E-state index in [9.17, 15) is 33.0 Å². The molecule has 2 aromatic rings. The van der Waals surface area contributed by atoms with Gasteiger partial charge in [-0.3, -0.25) is 4.57 Å². The Labute approximate surface area is 109 Å². The van der Waals surface area contributed by atoms with Crippen molar-refractivity contribution >= 4 is 23.0 Å². The van der Waals surface area contributed by atoms with Crippen LogP contribution in [0.2, 0.25) is 0 Å². The lowest BCUT2D eigenvalue weighted by Crippen LogP contribution is -2.34. The van der Waals surface area contributed by atoms with E-state index in [1.54, 1.807) is 0 Å². The van der Waals surface area contributed by atoms with Crippen LogP contribution < -0.4 is 10.2 Å². The zero-order valence-corrected chi connectivity index (χ0v) is 9.95. The standard InChI is InChI=1S/C12H8F3NO4/c1-5-2-6-3-9(10(17)18)16(11(19)20)8(6)4-7(5)12(13,14)15/h2-4H,1H3,(H,17,18)(H,19,20)/p-2. The minimum absolute atomic E-state index is 0.0406. The van der Waals surface area contributed by atoms with Gasteiger partial charge in [-0.25, -0.2) is 0 Å². The second kappa shape index (κ2) is 4.26. The average Bonchev–Trinajstić information content (AvgIpc) is 2.64. The highest BCUT2D eigenvalue weighted by Gasteiger charge is 2.33. The Bertz CT molecular complexity index is 730. The van der Waals surface area contributed by atoms with E-state index in [1.165, 1.54) is 6.92 Å². The van der Waals surface area contributed by atoms with E-state index < -0.39 is 35.0 Å². The number of nitrogens with zero attached hydrogens (tertiary/aromatic N) is 1. The largest absolute Gasteiger partial charge is 0.543 e. The molecule has 0 fully saturated rings. The quantitative estimate of drug-likeness (QED) is 0.764. The van der Waals surface area contributed by atoms with E-state index >= 15 is 0 Å². The smallest absolute Gasteiger partial charge is 0.416 e. The Morgan fingerprint density at radius 2 is 1.75 bits per heavy atom. The second-order valence-electron chi connectivity index (χ2n) is 4.14. The van der Waals surface area contributed by atoms with E-state index in [2.05, 4.69) is 0 Å². The number of carboxylic acids is 1. The maximum Gasteiger partial charge on any atom is 0.416 e. The summed E-state index contributed by atoms with van der Waals surface area (Å²) < 4.78 is 38.5. The van der Waals surface area contributed by atoms with Gasteiger partial charge in [-0.2, -0.15) is 13.2 Å². The first kappa shape index (κ1) is 13.9. The predicted octanol–water partition coefficient (Wildman–Crippen LogP) is 0.523. The number of carbonyl (C=O) groups excluding carboxylic acids is 2. The molecule has 0 amide bonds. The molecular formula is C12H6F3NO4-2. The fourth-order valence-corrected chi connectivity index (χ4v) is 2.02. The van der Waals surface area contributed by atoms with E-state index in [4.69, 9.17) is 0 Å². The Hall–Kier alpha value is -2.51. The van der Waals surface area contributed by atoms with Gasteiger partial charge in [0.25, 0.3) is 0 Å². The lowest BCUT2D eigenvalue weighted by atomic mass is 10.1. The fourth-order valence-electron chi connectivity index (χ4n) is 2.02. The van der Waals surface area contributed by atoms with Crippen LogP contribution in [0.4, 0.5) is 18.0 Å². The van der Waals surface area contributed by atoms with Crippen molar-refractivity contribution < 1.29 is 33.0 Å². The molecule has 0 aliphatic heterocycles. The predicted molar refractivity (Wildman–Crippen MR) is 56.8 cm³/mol. The summed E-state index contributed by atoms with van der Waals surface area (Å²) in [6, 6.07) is 2.56. The molecule has 8 heteroatoms. The number of rotatable bonds is 1. The molecule has 0 spiro atoms. The Morgan fingerprint density at radius 1 is 1.15 bits per heavy atom. The molecule has 2 rings (SSSR count). The Kier molecular flexibility index (Phi) is 2.96. The molecule has 5 nitrogen and oxygen atoms in total. The van der Waals surface area contributed by atoms with Crippen molar-refractivity contribution in [3.05, 3.63) is 35.0 Å². The minimum atomic E-state index is -4.68. The lowest BCUT2D eigenvalue weighted by Gasteiger charge is -2.14. The van der Waals surface area contributed by atoms with Crippen molar-refractivity contribution in [3.8, 4) is 0 Å². The zero-order valence-electron chi connectivity index (χ0n) is 9.95. The normalized spacial score (nSPS) is 11.8. The maximum absolute atomic E-state index is 12.8. The van der Waals surface area contributed by atoms with E-state index in [0.29, 0.717) is 6.07 Å². The number of aromatic carboxylic acids is 1. The third-order valence-electron chi connectivity index (χ3n) is 2.84. The Morgan fingerprint density at radius 3 is 2.20 bits per heavy atom. The van der Waals surface area contributed by atoms with Gasteiger partial charge in [-0.05, 0) is 30.7 Å². The van der Waals surface area contributed by atoms with Crippen molar-refractivity contribution in [2.24, 2.45) is 0 Å². The molecule has 0 radical (unpaired) electrons. The van der Waals surface area contributed by atoms with Gasteiger partial charge >= 0.3 is 6.18 Å². The molecule has 0 atom stereocenters. The molecule has 1 heterocycles. The molecule has 106 valence electrons. The summed E-state index contributed by atoms with van der Waals surface area (Å²) in [6.07, 6.45) is -6.63. The van der Waals surface area contributed by atoms with Crippen LogP contribution in [0.15, 0.2) is 18.2 Å². The van der Waals surface area contributed by atoms with Crippen LogP contribution in [0.5, 0.6) is 0 Å². The summed E-state index contributed by atoms with van der Waals surface area (Å²) in [7, 11) is 0. The molecule has 0 aliphatic carbocycles. The topological polar surface area (TPSA) is 85.2 Å². The van der Waals surface area contributed by atoms with Gasteiger partial charge in [0.05, 0.1) is 22.7 Å². The second-order valence-corrected chi connectivity index (χ2v) is 4.14. The van der Waals surface area contributed by atoms with Crippen LogP contribution in [-0.4, -0.2) is 16.6 Å². The lowest BCUT2D eigenvalue weighted by molar-refractivity contribution is -0.260. The van der Waals surface area contributed by atoms with Crippen LogP contribution in [0, 0.1) is 6.92 Å². The first-order valence-corrected chi connectivity index (χ1v) is 5.29. The molecule has 0 saturated heterocycles. The van der Waals surface area contributed by atoms with Crippen LogP contribution in [-0.2, 0) is 6.18 Å². The van der Waals surface area contributed by atoms with Gasteiger partial charge < -0.3 is 19.8 Å². The maximum atomic E-state index is 12.8. The molecule has 20 heavy (non-hydrogen) atoms. The van der Waals surface area contributed by atoms with Crippen molar-refractivity contribution in [2.45, 2.75) is 13.1 Å². The molecule has 1 aromatic carbocycles. The van der Waals surface area contributed by atoms with Crippen LogP contribution >= 0.6 is 0 Å². The summed E-state index contributed by atoms with van der Waals surface area (Å²) in [4.78, 5) is 21.7. The summed E-state index contributed by atoms with van der Waals surface area (Å²) >= 11 is 0. The van der Waals surface area contributed by atoms with Gasteiger partial charge in [-0.1, -0.05) is 0 Å². The van der Waals surface area contributed by atoms with E-state index in [-0.39, 0.29) is 15.5 Å². The van der Waals surface area contributed by atoms with Crippen molar-refractivity contribution in [2.75, 3.05) is 0 Å². The van der Waals surface area contributed by atoms with Crippen LogP contribution in [0.3, 0.4) is 0 Å². The van der Waals surface area contributed by atoms with Crippen molar-refractivity contribution in [3.63, 3.8) is 0 Å². The summed E-state index contributed by atoms with van der Waals surface area (Å²) in [5, 5.41) is 21.8. The Balaban J connectivity index is 2.89. The number of hydrogen-bond donors (Lipinski definition) is 0. The summed E-state index contributed by atoms with van der Waals surface area (Å²) in [6.45, 7) is 1.19. The first-order valence-electron chi connectivity index (χ1n) is 5.29. The number of halogens is 3. The number of hydrogen-bond acceptors (Lipinski definition) is 4. The highest BCUT2D eigenvalue weighted by atomic mass is 19.4. The molecule has 0 aliphatic rings. The summed E-state index contributed by atoms with van der Waals surface area (Å²) in [5.74, 6) is -1.82. The number of fused-ring (bicyclic) bond motifs is 1. The number of carbonyl (C=O) groups is 2. The number of alkyl halides is 3. The number of aromatic nitrogens is 1.